The Morgan fingerprint density at radius 1 is 1.17 bits per heavy atom. The fourth-order valence-corrected chi connectivity index (χ4v) is 2.93. The van der Waals surface area contributed by atoms with E-state index in [1.165, 1.54) is 0 Å². The van der Waals surface area contributed by atoms with Crippen LogP contribution in [-0.4, -0.2) is 33.3 Å². The van der Waals surface area contributed by atoms with E-state index in [0.717, 1.165) is 11.3 Å². The van der Waals surface area contributed by atoms with Gasteiger partial charge in [-0.2, -0.15) is 4.98 Å². The summed E-state index contributed by atoms with van der Waals surface area (Å²) in [5.41, 5.74) is 2.56. The number of ether oxygens (including phenoxy) is 2. The van der Waals surface area contributed by atoms with Gasteiger partial charge < -0.3 is 18.6 Å². The zero-order valence-corrected chi connectivity index (χ0v) is 17.0. The molecule has 0 atom stereocenters. The van der Waals surface area contributed by atoms with E-state index in [0.29, 0.717) is 22.1 Å². The van der Waals surface area contributed by atoms with Crippen LogP contribution in [0.3, 0.4) is 0 Å². The van der Waals surface area contributed by atoms with Crippen molar-refractivity contribution in [3.8, 4) is 11.4 Å². The van der Waals surface area contributed by atoms with Crippen molar-refractivity contribution in [2.75, 3.05) is 6.61 Å². The summed E-state index contributed by atoms with van der Waals surface area (Å²) in [6.07, 6.45) is 0. The summed E-state index contributed by atoms with van der Waals surface area (Å²) < 4.78 is 17.1. The number of hydrogen-bond donors (Lipinski definition) is 0. The molecule has 0 aliphatic heterocycles. The number of carbonyl (C=O) groups excluding carboxylic acids is 2. The zero-order valence-electron chi connectivity index (χ0n) is 16.3. The highest BCUT2D eigenvalue weighted by atomic mass is 35.5. The van der Waals surface area contributed by atoms with Crippen LogP contribution in [0.15, 0.2) is 34.9 Å². The molecule has 0 N–H and O–H groups in total. The van der Waals surface area contributed by atoms with Gasteiger partial charge in [-0.25, -0.2) is 4.79 Å². The summed E-state index contributed by atoms with van der Waals surface area (Å²) in [6.45, 7) is 5.39. The molecule has 0 saturated carbocycles. The summed E-state index contributed by atoms with van der Waals surface area (Å²) in [4.78, 5) is 28.4. The van der Waals surface area contributed by atoms with Crippen molar-refractivity contribution >= 4 is 23.5 Å². The first-order valence-corrected chi connectivity index (χ1v) is 9.34. The SMILES string of the molecule is CCOC(=O)c1cc(C)n(CC(=O)OCc2nc(-c3ccc(Cl)cc3)no2)c1C. The molecule has 9 heteroatoms. The number of esters is 2. The Hall–Kier alpha value is -3.13. The van der Waals surface area contributed by atoms with Gasteiger partial charge in [0.05, 0.1) is 12.2 Å². The Labute approximate surface area is 172 Å². The third-order valence-electron chi connectivity index (χ3n) is 4.28. The molecule has 3 rings (SSSR count). The summed E-state index contributed by atoms with van der Waals surface area (Å²) in [5, 5.41) is 4.47. The van der Waals surface area contributed by atoms with E-state index < -0.39 is 11.9 Å². The van der Waals surface area contributed by atoms with Gasteiger partial charge in [0, 0.05) is 22.0 Å². The van der Waals surface area contributed by atoms with Crippen LogP contribution in [0.2, 0.25) is 5.02 Å². The van der Waals surface area contributed by atoms with Gasteiger partial charge in [-0.15, -0.1) is 0 Å². The molecule has 2 aromatic heterocycles. The minimum absolute atomic E-state index is 0.0464. The molecule has 0 aliphatic carbocycles. The number of halogens is 1. The summed E-state index contributed by atoms with van der Waals surface area (Å²) in [7, 11) is 0. The number of aryl methyl sites for hydroxylation is 1. The highest BCUT2D eigenvalue weighted by Crippen LogP contribution is 2.19. The minimum Gasteiger partial charge on any atom is -0.462 e. The van der Waals surface area contributed by atoms with Crippen LogP contribution in [0.4, 0.5) is 0 Å². The molecule has 0 amide bonds. The Morgan fingerprint density at radius 3 is 2.59 bits per heavy atom. The van der Waals surface area contributed by atoms with Gasteiger partial charge in [-0.1, -0.05) is 16.8 Å². The first-order valence-electron chi connectivity index (χ1n) is 8.97. The van der Waals surface area contributed by atoms with E-state index in [1.807, 2.05) is 0 Å². The zero-order chi connectivity index (χ0) is 21.0. The van der Waals surface area contributed by atoms with Crippen LogP contribution in [-0.2, 0) is 27.4 Å². The molecule has 0 spiro atoms. The molecule has 0 aliphatic rings. The number of benzene rings is 1. The molecule has 3 aromatic rings. The molecule has 1 aromatic carbocycles. The van der Waals surface area contributed by atoms with E-state index in [4.69, 9.17) is 25.6 Å². The number of rotatable bonds is 7. The van der Waals surface area contributed by atoms with Crippen molar-refractivity contribution in [1.29, 1.82) is 0 Å². The normalized spacial score (nSPS) is 10.8. The van der Waals surface area contributed by atoms with Crippen LogP contribution < -0.4 is 0 Å². The Morgan fingerprint density at radius 2 is 1.90 bits per heavy atom. The minimum atomic E-state index is -0.492. The standard InChI is InChI=1S/C20H20ClN3O5/c1-4-27-20(26)16-9-12(2)24(13(16)3)10-18(25)28-11-17-22-19(23-29-17)14-5-7-15(21)8-6-14/h5-9H,4,10-11H2,1-3H3. The molecule has 2 heterocycles. The molecular weight excluding hydrogens is 398 g/mol. The summed E-state index contributed by atoms with van der Waals surface area (Å²) in [5.74, 6) is -0.352. The number of aromatic nitrogens is 3. The predicted molar refractivity (Wildman–Crippen MR) is 104 cm³/mol. The molecule has 0 saturated heterocycles. The van der Waals surface area contributed by atoms with E-state index >= 15 is 0 Å². The quantitative estimate of drug-likeness (QED) is 0.540. The number of nitrogens with zero attached hydrogens (tertiary/aromatic N) is 3. The molecule has 8 nitrogen and oxygen atoms in total. The second kappa shape index (κ2) is 8.91. The van der Waals surface area contributed by atoms with E-state index in [-0.39, 0.29) is 25.6 Å². The van der Waals surface area contributed by atoms with Gasteiger partial charge >= 0.3 is 11.9 Å². The Kier molecular flexibility index (Phi) is 6.33. The predicted octanol–water partition coefficient (Wildman–Crippen LogP) is 3.73. The molecular formula is C20H20ClN3O5. The van der Waals surface area contributed by atoms with E-state index in [1.54, 1.807) is 55.7 Å². The van der Waals surface area contributed by atoms with Crippen molar-refractivity contribution in [3.63, 3.8) is 0 Å². The summed E-state index contributed by atoms with van der Waals surface area (Å²) in [6, 6.07) is 8.67. The fraction of sp³-hybridized carbons (Fsp3) is 0.300. The van der Waals surface area contributed by atoms with E-state index in [2.05, 4.69) is 10.1 Å². The second-order valence-corrected chi connectivity index (χ2v) is 6.71. The monoisotopic (exact) mass is 417 g/mol. The molecule has 0 radical (unpaired) electrons. The lowest BCUT2D eigenvalue weighted by Gasteiger charge is -2.09. The first kappa shape index (κ1) is 20.6. The van der Waals surface area contributed by atoms with Gasteiger partial charge in [0.2, 0.25) is 5.82 Å². The van der Waals surface area contributed by atoms with Gasteiger partial charge in [0.1, 0.15) is 6.54 Å². The maximum atomic E-state index is 12.2. The Balaban J connectivity index is 1.61. The fourth-order valence-electron chi connectivity index (χ4n) is 2.81. The van der Waals surface area contributed by atoms with Crippen LogP contribution in [0.1, 0.15) is 34.6 Å². The maximum Gasteiger partial charge on any atom is 0.339 e. The largest absolute Gasteiger partial charge is 0.462 e. The van der Waals surface area contributed by atoms with Gasteiger partial charge in [-0.3, -0.25) is 4.79 Å². The number of hydrogen-bond acceptors (Lipinski definition) is 7. The van der Waals surface area contributed by atoms with Crippen molar-refractivity contribution in [1.82, 2.24) is 14.7 Å². The van der Waals surface area contributed by atoms with Crippen molar-refractivity contribution in [3.05, 3.63) is 58.2 Å². The molecule has 0 unspecified atom stereocenters. The first-order chi connectivity index (χ1) is 13.9. The molecule has 29 heavy (non-hydrogen) atoms. The van der Waals surface area contributed by atoms with Gasteiger partial charge in [0.25, 0.3) is 5.89 Å². The molecule has 152 valence electrons. The van der Waals surface area contributed by atoms with E-state index in [9.17, 15) is 9.59 Å². The topological polar surface area (TPSA) is 96.5 Å². The van der Waals surface area contributed by atoms with Crippen LogP contribution in [0.25, 0.3) is 11.4 Å². The molecule has 0 fully saturated rings. The highest BCUT2D eigenvalue weighted by molar-refractivity contribution is 6.30. The van der Waals surface area contributed by atoms with Gasteiger partial charge in [0.15, 0.2) is 6.61 Å². The van der Waals surface area contributed by atoms with Crippen LogP contribution >= 0.6 is 11.6 Å². The summed E-state index contributed by atoms with van der Waals surface area (Å²) >= 11 is 5.86. The average Bonchev–Trinajstić information content (AvgIpc) is 3.27. The van der Waals surface area contributed by atoms with Crippen molar-refractivity contribution < 1.29 is 23.6 Å². The average molecular weight is 418 g/mol. The third-order valence-corrected chi connectivity index (χ3v) is 4.54. The third kappa shape index (κ3) is 4.83. The van der Waals surface area contributed by atoms with Gasteiger partial charge in [-0.05, 0) is 51.1 Å². The second-order valence-electron chi connectivity index (χ2n) is 6.27. The lowest BCUT2D eigenvalue weighted by molar-refractivity contribution is -0.146. The van der Waals surface area contributed by atoms with Crippen molar-refractivity contribution in [2.24, 2.45) is 0 Å². The van der Waals surface area contributed by atoms with Crippen molar-refractivity contribution in [2.45, 2.75) is 33.9 Å². The maximum absolute atomic E-state index is 12.2. The van der Waals surface area contributed by atoms with Crippen LogP contribution in [0.5, 0.6) is 0 Å². The molecule has 0 bridgehead atoms. The highest BCUT2D eigenvalue weighted by Gasteiger charge is 2.19. The lowest BCUT2D eigenvalue weighted by Crippen LogP contribution is -2.16. The van der Waals surface area contributed by atoms with Crippen LogP contribution in [0, 0.1) is 13.8 Å². The smallest absolute Gasteiger partial charge is 0.339 e. The lowest BCUT2D eigenvalue weighted by atomic mass is 10.2. The Bertz CT molecular complexity index is 1020. The number of carbonyl (C=O) groups is 2.